The molecule has 0 aliphatic rings. The average molecular weight is 244 g/mol. The fourth-order valence-corrected chi connectivity index (χ4v) is 2.00. The molecular weight excluding hydrogens is 231 g/mol. The maximum absolute atomic E-state index is 13.2. The number of halogens is 1. The lowest BCUT2D eigenvalue weighted by molar-refractivity contribution is 0.0697. The highest BCUT2D eigenvalue weighted by atomic mass is 19.1. The molecule has 0 saturated carbocycles. The summed E-state index contributed by atoms with van der Waals surface area (Å²) >= 11 is 0. The Labute approximate surface area is 105 Å². The van der Waals surface area contributed by atoms with Gasteiger partial charge in [0.2, 0.25) is 0 Å². The minimum atomic E-state index is -0.968. The number of aromatic carboxylic acids is 1. The van der Waals surface area contributed by atoms with Gasteiger partial charge in [0.1, 0.15) is 5.82 Å². The molecule has 0 aromatic heterocycles. The molecule has 0 radical (unpaired) electrons. The van der Waals surface area contributed by atoms with E-state index >= 15 is 0 Å². The normalized spacial score (nSPS) is 10.4. The molecule has 0 saturated heterocycles. The Bertz CT molecular complexity index is 618. The Morgan fingerprint density at radius 3 is 2.44 bits per heavy atom. The number of hydrogen-bond donors (Lipinski definition) is 1. The van der Waals surface area contributed by atoms with Gasteiger partial charge in [-0.1, -0.05) is 24.3 Å². The molecule has 2 rings (SSSR count). The molecule has 0 amide bonds. The first-order chi connectivity index (χ1) is 8.50. The van der Waals surface area contributed by atoms with Gasteiger partial charge in [-0.15, -0.1) is 0 Å². The SMILES string of the molecule is Cc1cc(-c2cccc(C)c2C(=O)O)ccc1F. The molecule has 1 N–H and O–H groups in total. The van der Waals surface area contributed by atoms with E-state index in [4.69, 9.17) is 0 Å². The van der Waals surface area contributed by atoms with Gasteiger partial charge in [0.15, 0.2) is 0 Å². The van der Waals surface area contributed by atoms with Crippen LogP contribution in [-0.2, 0) is 0 Å². The predicted molar refractivity (Wildman–Crippen MR) is 68.3 cm³/mol. The van der Waals surface area contributed by atoms with Crippen LogP contribution >= 0.6 is 0 Å². The van der Waals surface area contributed by atoms with Gasteiger partial charge in [-0.05, 0) is 48.2 Å². The molecule has 0 heterocycles. The Balaban J connectivity index is 2.67. The highest BCUT2D eigenvalue weighted by molar-refractivity contribution is 5.97. The molecule has 0 bridgehead atoms. The van der Waals surface area contributed by atoms with Gasteiger partial charge in [0.05, 0.1) is 5.56 Å². The number of carbonyl (C=O) groups is 1. The van der Waals surface area contributed by atoms with Gasteiger partial charge >= 0.3 is 5.97 Å². The van der Waals surface area contributed by atoms with Crippen LogP contribution in [0.15, 0.2) is 36.4 Å². The highest BCUT2D eigenvalue weighted by Crippen LogP contribution is 2.27. The second-order valence-corrected chi connectivity index (χ2v) is 4.27. The zero-order valence-electron chi connectivity index (χ0n) is 10.2. The van der Waals surface area contributed by atoms with Gasteiger partial charge in [-0.25, -0.2) is 9.18 Å². The molecule has 3 heteroatoms. The van der Waals surface area contributed by atoms with Crippen LogP contribution in [0.4, 0.5) is 4.39 Å². The zero-order valence-corrected chi connectivity index (χ0v) is 10.2. The second kappa shape index (κ2) is 4.61. The standard InChI is InChI=1S/C15H13FO2/c1-9-4-3-5-12(14(9)15(17)18)11-6-7-13(16)10(2)8-11/h3-8H,1-2H3,(H,17,18). The minimum absolute atomic E-state index is 0.267. The molecular formula is C15H13FO2. The summed E-state index contributed by atoms with van der Waals surface area (Å²) in [6, 6.07) is 9.92. The molecule has 0 atom stereocenters. The molecule has 2 aromatic carbocycles. The van der Waals surface area contributed by atoms with E-state index in [1.165, 1.54) is 6.07 Å². The molecule has 92 valence electrons. The Morgan fingerprint density at radius 1 is 1.11 bits per heavy atom. The maximum Gasteiger partial charge on any atom is 0.336 e. The average Bonchev–Trinajstić information content (AvgIpc) is 2.32. The van der Waals surface area contributed by atoms with Crippen molar-refractivity contribution in [3.05, 3.63) is 58.9 Å². The van der Waals surface area contributed by atoms with Crippen LogP contribution in [0, 0.1) is 19.7 Å². The number of benzene rings is 2. The van der Waals surface area contributed by atoms with Crippen LogP contribution in [0.5, 0.6) is 0 Å². The van der Waals surface area contributed by atoms with Crippen LogP contribution in [0.1, 0.15) is 21.5 Å². The monoisotopic (exact) mass is 244 g/mol. The Morgan fingerprint density at radius 2 is 1.83 bits per heavy atom. The van der Waals surface area contributed by atoms with Crippen molar-refractivity contribution in [1.82, 2.24) is 0 Å². The van der Waals surface area contributed by atoms with Gasteiger partial charge in [0, 0.05) is 0 Å². The molecule has 0 unspecified atom stereocenters. The third-order valence-corrected chi connectivity index (χ3v) is 2.96. The van der Waals surface area contributed by atoms with Crippen molar-refractivity contribution < 1.29 is 14.3 Å². The zero-order chi connectivity index (χ0) is 13.3. The first-order valence-corrected chi connectivity index (χ1v) is 5.60. The maximum atomic E-state index is 13.2. The number of carboxylic acids is 1. The van der Waals surface area contributed by atoms with Crippen LogP contribution in [0.25, 0.3) is 11.1 Å². The number of rotatable bonds is 2. The van der Waals surface area contributed by atoms with Crippen molar-refractivity contribution in [2.24, 2.45) is 0 Å². The minimum Gasteiger partial charge on any atom is -0.478 e. The summed E-state index contributed by atoms with van der Waals surface area (Å²) in [5, 5.41) is 9.26. The van der Waals surface area contributed by atoms with Crippen molar-refractivity contribution in [2.75, 3.05) is 0 Å². The summed E-state index contributed by atoms with van der Waals surface area (Å²) in [5.41, 5.74) is 2.80. The smallest absolute Gasteiger partial charge is 0.336 e. The summed E-state index contributed by atoms with van der Waals surface area (Å²) in [4.78, 5) is 11.3. The van der Waals surface area contributed by atoms with E-state index in [1.54, 1.807) is 44.2 Å². The largest absolute Gasteiger partial charge is 0.478 e. The van der Waals surface area contributed by atoms with Crippen LogP contribution in [0.2, 0.25) is 0 Å². The number of hydrogen-bond acceptors (Lipinski definition) is 1. The number of carboxylic acid groups (broad SMARTS) is 1. The molecule has 2 aromatic rings. The van der Waals surface area contributed by atoms with E-state index in [2.05, 4.69) is 0 Å². The van der Waals surface area contributed by atoms with Gasteiger partial charge < -0.3 is 5.11 Å². The fraction of sp³-hybridized carbons (Fsp3) is 0.133. The topological polar surface area (TPSA) is 37.3 Å². The third-order valence-electron chi connectivity index (χ3n) is 2.96. The van der Waals surface area contributed by atoms with E-state index < -0.39 is 5.97 Å². The quantitative estimate of drug-likeness (QED) is 0.872. The van der Waals surface area contributed by atoms with Crippen molar-refractivity contribution in [2.45, 2.75) is 13.8 Å². The van der Waals surface area contributed by atoms with Gasteiger partial charge in [0.25, 0.3) is 0 Å². The molecule has 0 spiro atoms. The predicted octanol–water partition coefficient (Wildman–Crippen LogP) is 3.81. The summed E-state index contributed by atoms with van der Waals surface area (Å²) in [7, 11) is 0. The first kappa shape index (κ1) is 12.3. The van der Waals surface area contributed by atoms with Crippen molar-refractivity contribution in [1.29, 1.82) is 0 Å². The summed E-state index contributed by atoms with van der Waals surface area (Å²) in [5.74, 6) is -1.26. The molecule has 0 aliphatic carbocycles. The number of aryl methyl sites for hydroxylation is 2. The van der Waals surface area contributed by atoms with E-state index in [9.17, 15) is 14.3 Å². The van der Waals surface area contributed by atoms with E-state index in [0.29, 0.717) is 16.7 Å². The fourth-order valence-electron chi connectivity index (χ4n) is 2.00. The van der Waals surface area contributed by atoms with Crippen molar-refractivity contribution in [3.63, 3.8) is 0 Å². The summed E-state index contributed by atoms with van der Waals surface area (Å²) in [6.07, 6.45) is 0. The van der Waals surface area contributed by atoms with Crippen LogP contribution < -0.4 is 0 Å². The molecule has 0 fully saturated rings. The second-order valence-electron chi connectivity index (χ2n) is 4.27. The van der Waals surface area contributed by atoms with E-state index in [1.807, 2.05) is 0 Å². The van der Waals surface area contributed by atoms with Crippen molar-refractivity contribution in [3.8, 4) is 11.1 Å². The lowest BCUT2D eigenvalue weighted by Crippen LogP contribution is -2.02. The Kier molecular flexibility index (Phi) is 3.15. The van der Waals surface area contributed by atoms with Crippen molar-refractivity contribution >= 4 is 5.97 Å². The molecule has 0 aliphatic heterocycles. The Hall–Kier alpha value is -2.16. The summed E-state index contributed by atoms with van der Waals surface area (Å²) in [6.45, 7) is 3.42. The van der Waals surface area contributed by atoms with E-state index in [0.717, 1.165) is 5.56 Å². The third kappa shape index (κ3) is 2.12. The lowest BCUT2D eigenvalue weighted by Gasteiger charge is -2.10. The highest BCUT2D eigenvalue weighted by Gasteiger charge is 2.14. The first-order valence-electron chi connectivity index (χ1n) is 5.60. The lowest BCUT2D eigenvalue weighted by atomic mass is 9.95. The molecule has 18 heavy (non-hydrogen) atoms. The van der Waals surface area contributed by atoms with Crippen LogP contribution in [-0.4, -0.2) is 11.1 Å². The van der Waals surface area contributed by atoms with Gasteiger partial charge in [-0.2, -0.15) is 0 Å². The van der Waals surface area contributed by atoms with Gasteiger partial charge in [-0.3, -0.25) is 0 Å². The van der Waals surface area contributed by atoms with Crippen LogP contribution in [0.3, 0.4) is 0 Å². The summed E-state index contributed by atoms with van der Waals surface area (Å²) < 4.78 is 13.2. The molecule has 2 nitrogen and oxygen atoms in total. The van der Waals surface area contributed by atoms with E-state index in [-0.39, 0.29) is 11.4 Å².